The first-order chi connectivity index (χ1) is 14.7. The normalized spacial score (nSPS) is 21.7. The van der Waals surface area contributed by atoms with E-state index < -0.39 is 17.7 Å². The maximum absolute atomic E-state index is 13.2. The fourth-order valence-electron chi connectivity index (χ4n) is 4.36. The third-order valence-corrected chi connectivity index (χ3v) is 5.82. The largest absolute Gasteiger partial charge is 0.481 e. The molecule has 2 aromatic carbocycles. The summed E-state index contributed by atoms with van der Waals surface area (Å²) in [5, 5.41) is 14.7. The van der Waals surface area contributed by atoms with Gasteiger partial charge in [0, 0.05) is 23.7 Å². The van der Waals surface area contributed by atoms with Gasteiger partial charge in [0.2, 0.25) is 0 Å². The van der Waals surface area contributed by atoms with E-state index in [0.717, 1.165) is 17.3 Å². The molecular formula is C23H21F3N2O3. The van der Waals surface area contributed by atoms with Gasteiger partial charge >= 0.3 is 12.1 Å². The summed E-state index contributed by atoms with van der Waals surface area (Å²) in [4.78, 5) is 23.0. The molecule has 0 aromatic heterocycles. The Bertz CT molecular complexity index is 1050. The van der Waals surface area contributed by atoms with Gasteiger partial charge in [-0.3, -0.25) is 9.59 Å². The Morgan fingerprint density at radius 2 is 1.97 bits per heavy atom. The van der Waals surface area contributed by atoms with Gasteiger partial charge in [-0.2, -0.15) is 13.2 Å². The zero-order chi connectivity index (χ0) is 22.2. The number of nitrogens with one attached hydrogen (secondary N) is 2. The molecule has 1 aliphatic heterocycles. The van der Waals surface area contributed by atoms with Crippen LogP contribution in [0.25, 0.3) is 0 Å². The zero-order valence-corrected chi connectivity index (χ0v) is 16.4. The fraction of sp³-hybridized carbons (Fsp3) is 0.304. The number of hydrogen-bond acceptors (Lipinski definition) is 3. The summed E-state index contributed by atoms with van der Waals surface area (Å²) in [6, 6.07) is 10.3. The Labute approximate surface area is 177 Å². The molecule has 0 saturated heterocycles. The van der Waals surface area contributed by atoms with Gasteiger partial charge in [0.05, 0.1) is 18.0 Å². The molecule has 3 N–H and O–H groups in total. The topological polar surface area (TPSA) is 78.4 Å². The van der Waals surface area contributed by atoms with Crippen molar-refractivity contribution in [3.05, 3.63) is 76.9 Å². The zero-order valence-electron chi connectivity index (χ0n) is 16.4. The van der Waals surface area contributed by atoms with Gasteiger partial charge in [-0.15, -0.1) is 0 Å². The van der Waals surface area contributed by atoms with E-state index in [0.29, 0.717) is 17.5 Å². The minimum absolute atomic E-state index is 0.0254. The number of fused-ring (bicyclic) bond motifs is 3. The minimum atomic E-state index is -4.40. The molecule has 31 heavy (non-hydrogen) atoms. The minimum Gasteiger partial charge on any atom is -0.481 e. The van der Waals surface area contributed by atoms with E-state index >= 15 is 0 Å². The molecule has 1 heterocycles. The SMILES string of the molecule is O=C(O)CCNC(=O)c1ccc2c(c1)[C@H]1C=CC[C@@H]1[C@@H](c1cccc(C(F)(F)F)c1)N2. The van der Waals surface area contributed by atoms with E-state index in [2.05, 4.69) is 10.6 Å². The second-order valence-corrected chi connectivity index (χ2v) is 7.80. The van der Waals surface area contributed by atoms with Crippen LogP contribution in [0, 0.1) is 5.92 Å². The molecule has 8 heteroatoms. The smallest absolute Gasteiger partial charge is 0.416 e. The summed E-state index contributed by atoms with van der Waals surface area (Å²) in [5.41, 5.74) is 2.01. The molecule has 5 nitrogen and oxygen atoms in total. The molecule has 2 aromatic rings. The van der Waals surface area contributed by atoms with E-state index in [1.54, 1.807) is 24.3 Å². The Kier molecular flexibility index (Phi) is 5.47. The van der Waals surface area contributed by atoms with Crippen LogP contribution in [0.4, 0.5) is 18.9 Å². The summed E-state index contributed by atoms with van der Waals surface area (Å²) in [5.74, 6) is -1.35. The van der Waals surface area contributed by atoms with Crippen molar-refractivity contribution in [2.24, 2.45) is 5.92 Å². The number of carboxylic acids is 1. The van der Waals surface area contributed by atoms with Gasteiger partial charge in [0.15, 0.2) is 0 Å². The number of amides is 1. The predicted molar refractivity (Wildman–Crippen MR) is 109 cm³/mol. The van der Waals surface area contributed by atoms with E-state index in [1.807, 2.05) is 12.2 Å². The van der Waals surface area contributed by atoms with Crippen LogP contribution < -0.4 is 10.6 Å². The van der Waals surface area contributed by atoms with E-state index in [4.69, 9.17) is 5.11 Å². The molecule has 0 spiro atoms. The van der Waals surface area contributed by atoms with Crippen molar-refractivity contribution in [2.75, 3.05) is 11.9 Å². The third-order valence-electron chi connectivity index (χ3n) is 5.82. The molecule has 0 unspecified atom stereocenters. The lowest BCUT2D eigenvalue weighted by Gasteiger charge is -2.38. The highest BCUT2D eigenvalue weighted by atomic mass is 19.4. The maximum atomic E-state index is 13.2. The van der Waals surface area contributed by atoms with Gasteiger partial charge in [-0.05, 0) is 53.8 Å². The second-order valence-electron chi connectivity index (χ2n) is 7.80. The summed E-state index contributed by atoms with van der Waals surface area (Å²) >= 11 is 0. The van der Waals surface area contributed by atoms with Crippen molar-refractivity contribution in [1.82, 2.24) is 5.32 Å². The Hall–Kier alpha value is -3.29. The number of alkyl halides is 3. The number of rotatable bonds is 5. The highest BCUT2D eigenvalue weighted by Gasteiger charge is 2.39. The number of aliphatic carboxylic acids is 1. The molecule has 0 saturated carbocycles. The monoisotopic (exact) mass is 430 g/mol. The summed E-state index contributed by atoms with van der Waals surface area (Å²) in [7, 11) is 0. The number of carbonyl (C=O) groups excluding carboxylic acids is 1. The number of halogens is 3. The lowest BCUT2D eigenvalue weighted by Crippen LogP contribution is -2.30. The van der Waals surface area contributed by atoms with Crippen LogP contribution in [0.5, 0.6) is 0 Å². The molecule has 0 radical (unpaired) electrons. The van der Waals surface area contributed by atoms with Crippen molar-refractivity contribution >= 4 is 17.6 Å². The Morgan fingerprint density at radius 1 is 1.16 bits per heavy atom. The van der Waals surface area contributed by atoms with Crippen LogP contribution in [0.2, 0.25) is 0 Å². The van der Waals surface area contributed by atoms with Crippen molar-refractivity contribution in [1.29, 1.82) is 0 Å². The number of anilines is 1. The highest BCUT2D eigenvalue weighted by Crippen LogP contribution is 2.50. The quantitative estimate of drug-likeness (QED) is 0.599. The predicted octanol–water partition coefficient (Wildman–Crippen LogP) is 4.74. The summed E-state index contributed by atoms with van der Waals surface area (Å²) in [6.07, 6.45) is 0.208. The van der Waals surface area contributed by atoms with E-state index in [-0.39, 0.29) is 36.8 Å². The number of benzene rings is 2. The van der Waals surface area contributed by atoms with Crippen molar-refractivity contribution in [3.8, 4) is 0 Å². The van der Waals surface area contributed by atoms with Gasteiger partial charge in [0.25, 0.3) is 5.91 Å². The number of carbonyl (C=O) groups is 2. The van der Waals surface area contributed by atoms with Crippen LogP contribution in [0.1, 0.15) is 51.8 Å². The molecule has 2 aliphatic rings. The first kappa shape index (κ1) is 21.0. The lowest BCUT2D eigenvalue weighted by atomic mass is 9.76. The number of allylic oxidation sites excluding steroid dienone is 2. The van der Waals surface area contributed by atoms with Crippen molar-refractivity contribution < 1.29 is 27.9 Å². The third kappa shape index (κ3) is 4.28. The summed E-state index contributed by atoms with van der Waals surface area (Å²) < 4.78 is 39.6. The first-order valence-corrected chi connectivity index (χ1v) is 9.98. The van der Waals surface area contributed by atoms with E-state index in [9.17, 15) is 22.8 Å². The molecule has 3 atom stereocenters. The second kappa shape index (κ2) is 8.09. The number of hydrogen-bond donors (Lipinski definition) is 3. The average molecular weight is 430 g/mol. The molecule has 4 rings (SSSR count). The standard InChI is InChI=1S/C23H21F3N2O3/c24-23(25,26)15-4-1-3-13(11-15)21-17-6-2-5-16(17)18-12-14(7-8-19(18)28-21)22(31)27-10-9-20(29)30/h1-5,7-8,11-12,16-17,21,28H,6,9-10H2,(H,27,31)(H,29,30)/t16-,17-,21+/m0/s1. The summed E-state index contributed by atoms with van der Waals surface area (Å²) in [6.45, 7) is 0.0348. The van der Waals surface area contributed by atoms with Crippen LogP contribution in [-0.4, -0.2) is 23.5 Å². The van der Waals surface area contributed by atoms with Gasteiger partial charge < -0.3 is 15.7 Å². The van der Waals surface area contributed by atoms with Gasteiger partial charge in [0.1, 0.15) is 0 Å². The van der Waals surface area contributed by atoms with Crippen LogP contribution in [0.3, 0.4) is 0 Å². The lowest BCUT2D eigenvalue weighted by molar-refractivity contribution is -0.138. The average Bonchev–Trinajstić information content (AvgIpc) is 3.22. The van der Waals surface area contributed by atoms with Crippen LogP contribution in [0.15, 0.2) is 54.6 Å². The first-order valence-electron chi connectivity index (χ1n) is 9.98. The van der Waals surface area contributed by atoms with Crippen molar-refractivity contribution in [3.63, 3.8) is 0 Å². The van der Waals surface area contributed by atoms with Crippen molar-refractivity contribution in [2.45, 2.75) is 31.0 Å². The van der Waals surface area contributed by atoms with Crippen LogP contribution >= 0.6 is 0 Å². The maximum Gasteiger partial charge on any atom is 0.416 e. The fourth-order valence-corrected chi connectivity index (χ4v) is 4.36. The molecule has 0 bridgehead atoms. The van der Waals surface area contributed by atoms with E-state index in [1.165, 1.54) is 12.1 Å². The van der Waals surface area contributed by atoms with Crippen LogP contribution in [-0.2, 0) is 11.0 Å². The Balaban J connectivity index is 1.61. The Morgan fingerprint density at radius 3 is 2.71 bits per heavy atom. The molecule has 1 aliphatic carbocycles. The molecule has 1 amide bonds. The van der Waals surface area contributed by atoms with Gasteiger partial charge in [-0.25, -0.2) is 0 Å². The number of carboxylic acid groups (broad SMARTS) is 1. The molecule has 0 fully saturated rings. The molecular weight excluding hydrogens is 409 g/mol. The molecule has 162 valence electrons. The highest BCUT2D eigenvalue weighted by molar-refractivity contribution is 5.95. The van der Waals surface area contributed by atoms with Gasteiger partial charge in [-0.1, -0.05) is 24.3 Å².